The van der Waals surface area contributed by atoms with Crippen LogP contribution in [-0.2, 0) is 17.8 Å². The zero-order valence-electron chi connectivity index (χ0n) is 11.5. The van der Waals surface area contributed by atoms with Gasteiger partial charge in [0.2, 0.25) is 0 Å². The van der Waals surface area contributed by atoms with Crippen molar-refractivity contribution in [2.75, 3.05) is 0 Å². The van der Waals surface area contributed by atoms with Gasteiger partial charge in [-0.2, -0.15) is 5.10 Å². The standard InChI is InChI=1S/C13H21BrN2O2/c1-5-13(18,6-2)11(17)8-10-12(14)9(4)15-16(10)7-3/h18H,5-8H2,1-4H3. The van der Waals surface area contributed by atoms with Gasteiger partial charge in [-0.1, -0.05) is 13.8 Å². The van der Waals surface area contributed by atoms with Crippen LogP contribution >= 0.6 is 15.9 Å². The molecular formula is C13H21BrN2O2. The van der Waals surface area contributed by atoms with Crippen molar-refractivity contribution in [3.63, 3.8) is 0 Å². The second-order valence-electron chi connectivity index (χ2n) is 4.50. The van der Waals surface area contributed by atoms with E-state index in [1.165, 1.54) is 0 Å². The minimum Gasteiger partial charge on any atom is -0.382 e. The van der Waals surface area contributed by atoms with Crippen LogP contribution in [0.25, 0.3) is 0 Å². The minimum atomic E-state index is -1.21. The lowest BCUT2D eigenvalue weighted by Crippen LogP contribution is -2.38. The smallest absolute Gasteiger partial charge is 0.170 e. The first-order valence-corrected chi connectivity index (χ1v) is 7.16. The summed E-state index contributed by atoms with van der Waals surface area (Å²) in [5, 5.41) is 14.6. The Balaban J connectivity index is 3.01. The van der Waals surface area contributed by atoms with Crippen molar-refractivity contribution in [1.29, 1.82) is 0 Å². The molecule has 5 heteroatoms. The fourth-order valence-electron chi connectivity index (χ4n) is 2.00. The van der Waals surface area contributed by atoms with Gasteiger partial charge in [-0.25, -0.2) is 0 Å². The largest absolute Gasteiger partial charge is 0.382 e. The molecule has 0 saturated heterocycles. The molecule has 1 N–H and O–H groups in total. The predicted molar refractivity (Wildman–Crippen MR) is 74.6 cm³/mol. The van der Waals surface area contributed by atoms with E-state index in [1.807, 2.05) is 32.4 Å². The molecule has 0 unspecified atom stereocenters. The van der Waals surface area contributed by atoms with Crippen molar-refractivity contribution in [3.8, 4) is 0 Å². The first kappa shape index (κ1) is 15.4. The number of aromatic nitrogens is 2. The Kier molecular flexibility index (Phi) is 5.10. The Bertz CT molecular complexity index is 436. The number of ketones is 1. The highest BCUT2D eigenvalue weighted by molar-refractivity contribution is 9.10. The lowest BCUT2D eigenvalue weighted by Gasteiger charge is -2.23. The Morgan fingerprint density at radius 3 is 2.39 bits per heavy atom. The molecule has 0 spiro atoms. The van der Waals surface area contributed by atoms with Crippen LogP contribution in [0.5, 0.6) is 0 Å². The van der Waals surface area contributed by atoms with Gasteiger partial charge in [0.1, 0.15) is 5.60 Å². The molecule has 0 aliphatic carbocycles. The van der Waals surface area contributed by atoms with Crippen molar-refractivity contribution < 1.29 is 9.90 Å². The quantitative estimate of drug-likeness (QED) is 0.877. The van der Waals surface area contributed by atoms with Crippen LogP contribution in [0.2, 0.25) is 0 Å². The normalized spacial score (nSPS) is 11.9. The van der Waals surface area contributed by atoms with E-state index in [1.54, 1.807) is 0 Å². The molecule has 0 radical (unpaired) electrons. The molecule has 4 nitrogen and oxygen atoms in total. The maximum Gasteiger partial charge on any atom is 0.170 e. The van der Waals surface area contributed by atoms with E-state index >= 15 is 0 Å². The van der Waals surface area contributed by atoms with E-state index in [0.717, 1.165) is 15.9 Å². The molecule has 1 rings (SSSR count). The van der Waals surface area contributed by atoms with Crippen molar-refractivity contribution in [1.82, 2.24) is 9.78 Å². The first-order chi connectivity index (χ1) is 8.39. The van der Waals surface area contributed by atoms with Gasteiger partial charge < -0.3 is 5.11 Å². The summed E-state index contributed by atoms with van der Waals surface area (Å²) in [5.74, 6) is -0.136. The van der Waals surface area contributed by atoms with Gasteiger partial charge in [-0.15, -0.1) is 0 Å². The fourth-order valence-corrected chi connectivity index (χ4v) is 2.42. The van der Waals surface area contributed by atoms with Gasteiger partial charge in [-0.05, 0) is 42.6 Å². The molecule has 1 heterocycles. The van der Waals surface area contributed by atoms with Crippen molar-refractivity contribution >= 4 is 21.7 Å². The summed E-state index contributed by atoms with van der Waals surface area (Å²) < 4.78 is 2.68. The van der Waals surface area contributed by atoms with E-state index in [-0.39, 0.29) is 12.2 Å². The molecule has 0 atom stereocenters. The molecule has 1 aromatic rings. The number of nitrogens with zero attached hydrogens (tertiary/aromatic N) is 2. The van der Waals surface area contributed by atoms with Crippen LogP contribution < -0.4 is 0 Å². The third kappa shape index (κ3) is 2.83. The third-order valence-corrected chi connectivity index (χ3v) is 4.50. The SMILES string of the molecule is CCn1nc(C)c(Br)c1CC(=O)C(O)(CC)CC. The van der Waals surface area contributed by atoms with Gasteiger partial charge >= 0.3 is 0 Å². The molecular weight excluding hydrogens is 296 g/mol. The van der Waals surface area contributed by atoms with Gasteiger partial charge in [0.25, 0.3) is 0 Å². The van der Waals surface area contributed by atoms with E-state index < -0.39 is 5.60 Å². The predicted octanol–water partition coefficient (Wildman–Crippen LogP) is 2.64. The summed E-state index contributed by atoms with van der Waals surface area (Å²) in [6.45, 7) is 8.26. The second-order valence-corrected chi connectivity index (χ2v) is 5.29. The number of halogens is 1. The van der Waals surface area contributed by atoms with Crippen LogP contribution in [0.1, 0.15) is 45.0 Å². The molecule has 0 bridgehead atoms. The van der Waals surface area contributed by atoms with Gasteiger partial charge in [0.15, 0.2) is 5.78 Å². The monoisotopic (exact) mass is 316 g/mol. The zero-order valence-corrected chi connectivity index (χ0v) is 13.0. The van der Waals surface area contributed by atoms with Gasteiger partial charge in [0.05, 0.1) is 22.3 Å². The number of aliphatic hydroxyl groups is 1. The molecule has 0 aliphatic rings. The molecule has 0 aliphatic heterocycles. The average molecular weight is 317 g/mol. The Morgan fingerprint density at radius 2 is 1.94 bits per heavy atom. The Morgan fingerprint density at radius 1 is 1.39 bits per heavy atom. The number of Topliss-reactive ketones (excluding diaryl/α,β-unsaturated/α-hetero) is 1. The lowest BCUT2D eigenvalue weighted by atomic mass is 9.89. The number of carbonyl (C=O) groups is 1. The Labute approximate surface area is 117 Å². The van der Waals surface area contributed by atoms with Crippen LogP contribution in [0, 0.1) is 6.92 Å². The third-order valence-electron chi connectivity index (χ3n) is 3.47. The molecule has 0 aromatic carbocycles. The van der Waals surface area contributed by atoms with Crippen molar-refractivity contribution in [2.45, 2.75) is 59.1 Å². The number of rotatable bonds is 6. The maximum absolute atomic E-state index is 12.2. The van der Waals surface area contributed by atoms with Crippen LogP contribution in [-0.4, -0.2) is 26.3 Å². The van der Waals surface area contributed by atoms with E-state index in [4.69, 9.17) is 0 Å². The summed E-state index contributed by atoms with van der Waals surface area (Å²) in [6, 6.07) is 0. The second kappa shape index (κ2) is 5.97. The molecule has 0 fully saturated rings. The average Bonchev–Trinajstić information content (AvgIpc) is 2.65. The van der Waals surface area contributed by atoms with Crippen molar-refractivity contribution in [2.24, 2.45) is 0 Å². The van der Waals surface area contributed by atoms with Crippen molar-refractivity contribution in [3.05, 3.63) is 15.9 Å². The van der Waals surface area contributed by atoms with Crippen LogP contribution in [0.15, 0.2) is 4.47 Å². The highest BCUT2D eigenvalue weighted by Gasteiger charge is 2.32. The van der Waals surface area contributed by atoms with E-state index in [2.05, 4.69) is 21.0 Å². The Hall–Kier alpha value is -0.680. The van der Waals surface area contributed by atoms with Crippen LogP contribution in [0.4, 0.5) is 0 Å². The fraction of sp³-hybridized carbons (Fsp3) is 0.692. The molecule has 1 aromatic heterocycles. The number of hydrogen-bond acceptors (Lipinski definition) is 3. The summed E-state index contributed by atoms with van der Waals surface area (Å²) >= 11 is 3.46. The number of carbonyl (C=O) groups excluding carboxylic acids is 1. The van der Waals surface area contributed by atoms with Gasteiger partial charge in [-0.3, -0.25) is 9.48 Å². The summed E-state index contributed by atoms with van der Waals surface area (Å²) in [4.78, 5) is 12.2. The summed E-state index contributed by atoms with van der Waals surface area (Å²) in [7, 11) is 0. The van der Waals surface area contributed by atoms with E-state index in [9.17, 15) is 9.90 Å². The molecule has 18 heavy (non-hydrogen) atoms. The lowest BCUT2D eigenvalue weighted by molar-refractivity contribution is -0.137. The summed E-state index contributed by atoms with van der Waals surface area (Å²) in [5.41, 5.74) is 0.507. The van der Waals surface area contributed by atoms with Crippen LogP contribution in [0.3, 0.4) is 0 Å². The minimum absolute atomic E-state index is 0.136. The van der Waals surface area contributed by atoms with Gasteiger partial charge in [0, 0.05) is 6.54 Å². The molecule has 0 amide bonds. The highest BCUT2D eigenvalue weighted by Crippen LogP contribution is 2.25. The summed E-state index contributed by atoms with van der Waals surface area (Å²) in [6.07, 6.45) is 1.10. The highest BCUT2D eigenvalue weighted by atomic mass is 79.9. The number of aryl methyl sites for hydroxylation is 2. The molecule has 0 saturated carbocycles. The topological polar surface area (TPSA) is 55.1 Å². The number of hydrogen-bond donors (Lipinski definition) is 1. The molecule has 102 valence electrons. The first-order valence-electron chi connectivity index (χ1n) is 6.37. The zero-order chi connectivity index (χ0) is 13.9. The van der Waals surface area contributed by atoms with E-state index in [0.29, 0.717) is 19.4 Å². The maximum atomic E-state index is 12.2.